The number of anilines is 2. The van der Waals surface area contributed by atoms with Gasteiger partial charge in [-0.3, -0.25) is 4.79 Å². The Hall–Kier alpha value is -3.08. The topological polar surface area (TPSA) is 78.2 Å². The highest BCUT2D eigenvalue weighted by atomic mass is 32.2. The number of carbonyl (C=O) groups excluding carboxylic acids is 1. The molecule has 30 heavy (non-hydrogen) atoms. The number of nitriles is 1. The van der Waals surface area contributed by atoms with E-state index in [1.165, 1.54) is 11.8 Å². The van der Waals surface area contributed by atoms with Gasteiger partial charge < -0.3 is 15.0 Å². The number of amides is 1. The molecule has 4 rings (SSSR count). The van der Waals surface area contributed by atoms with Gasteiger partial charge in [-0.25, -0.2) is 4.98 Å². The maximum absolute atomic E-state index is 12.7. The summed E-state index contributed by atoms with van der Waals surface area (Å²) < 4.78 is 5.42. The molecule has 1 N–H and O–H groups in total. The largest absolute Gasteiger partial charge is 0.378 e. The minimum atomic E-state index is -0.129. The van der Waals surface area contributed by atoms with Crippen molar-refractivity contribution in [2.24, 2.45) is 0 Å². The smallest absolute Gasteiger partial charge is 0.234 e. The van der Waals surface area contributed by atoms with Crippen molar-refractivity contribution in [3.63, 3.8) is 0 Å². The van der Waals surface area contributed by atoms with E-state index in [0.717, 1.165) is 40.9 Å². The Morgan fingerprint density at radius 1 is 1.23 bits per heavy atom. The van der Waals surface area contributed by atoms with Gasteiger partial charge in [-0.05, 0) is 36.8 Å². The number of ether oxygens (including phenoxy) is 1. The highest BCUT2D eigenvalue weighted by Gasteiger charge is 2.16. The van der Waals surface area contributed by atoms with Gasteiger partial charge in [0.05, 0.1) is 41.4 Å². The van der Waals surface area contributed by atoms with E-state index >= 15 is 0 Å². The zero-order valence-electron chi connectivity index (χ0n) is 16.7. The van der Waals surface area contributed by atoms with Crippen LogP contribution < -0.4 is 10.2 Å². The zero-order valence-corrected chi connectivity index (χ0v) is 17.5. The maximum Gasteiger partial charge on any atom is 0.234 e. The molecule has 1 fully saturated rings. The van der Waals surface area contributed by atoms with Gasteiger partial charge >= 0.3 is 0 Å². The summed E-state index contributed by atoms with van der Waals surface area (Å²) in [6.07, 6.45) is 0. The van der Waals surface area contributed by atoms with Crippen LogP contribution in [0.25, 0.3) is 10.9 Å². The van der Waals surface area contributed by atoms with Crippen LogP contribution in [0.5, 0.6) is 0 Å². The third-order valence-corrected chi connectivity index (χ3v) is 5.92. The number of para-hydroxylation sites is 2. The molecule has 0 spiro atoms. The van der Waals surface area contributed by atoms with Crippen LogP contribution in [0.2, 0.25) is 0 Å². The van der Waals surface area contributed by atoms with Crippen LogP contribution in [0.1, 0.15) is 11.1 Å². The number of nitrogens with one attached hydrogen (secondary N) is 1. The molecule has 152 valence electrons. The van der Waals surface area contributed by atoms with Crippen LogP contribution in [0.4, 0.5) is 11.4 Å². The molecule has 7 heteroatoms. The second kappa shape index (κ2) is 9.16. The molecule has 6 nitrogen and oxygen atoms in total. The minimum absolute atomic E-state index is 0.129. The summed E-state index contributed by atoms with van der Waals surface area (Å²) in [6, 6.07) is 17.8. The standard InChI is InChI=1S/C23H22N4O2S/c1-16-6-7-17-13-18(14-24)23(26-20(17)12-16)30-15-22(28)25-19-4-2-3-5-21(19)27-8-10-29-11-9-27/h2-7,12-13H,8-11,15H2,1H3,(H,25,28). The van der Waals surface area contributed by atoms with E-state index in [1.807, 2.05) is 55.5 Å². The summed E-state index contributed by atoms with van der Waals surface area (Å²) in [5, 5.41) is 14.0. The van der Waals surface area contributed by atoms with E-state index in [9.17, 15) is 10.1 Å². The molecular formula is C23H22N4O2S. The molecule has 0 unspecified atom stereocenters. The normalized spacial score (nSPS) is 13.8. The van der Waals surface area contributed by atoms with Crippen LogP contribution in [0.15, 0.2) is 53.6 Å². The van der Waals surface area contributed by atoms with Crippen molar-refractivity contribution in [1.29, 1.82) is 5.26 Å². The van der Waals surface area contributed by atoms with Crippen LogP contribution in [-0.2, 0) is 9.53 Å². The van der Waals surface area contributed by atoms with Crippen molar-refractivity contribution in [2.75, 3.05) is 42.3 Å². The lowest BCUT2D eigenvalue weighted by Gasteiger charge is -2.30. The molecule has 0 aliphatic carbocycles. The van der Waals surface area contributed by atoms with Gasteiger partial charge in [-0.1, -0.05) is 36.0 Å². The molecule has 1 aliphatic rings. The molecule has 0 bridgehead atoms. The van der Waals surface area contributed by atoms with Crippen LogP contribution >= 0.6 is 11.8 Å². The molecule has 1 amide bonds. The van der Waals surface area contributed by atoms with Gasteiger partial charge in [0.2, 0.25) is 5.91 Å². The van der Waals surface area contributed by atoms with E-state index < -0.39 is 0 Å². The van der Waals surface area contributed by atoms with Crippen LogP contribution in [0, 0.1) is 18.3 Å². The van der Waals surface area contributed by atoms with E-state index in [0.29, 0.717) is 23.8 Å². The third-order valence-electron chi connectivity index (χ3n) is 4.93. The Morgan fingerprint density at radius 2 is 2.03 bits per heavy atom. The number of carbonyl (C=O) groups is 1. The molecule has 3 aromatic rings. The maximum atomic E-state index is 12.7. The number of aryl methyl sites for hydroxylation is 1. The van der Waals surface area contributed by atoms with Crippen molar-refractivity contribution in [2.45, 2.75) is 11.9 Å². The number of nitrogens with zero attached hydrogens (tertiary/aromatic N) is 3. The number of pyridine rings is 1. The molecule has 2 heterocycles. The first-order valence-electron chi connectivity index (χ1n) is 9.80. The predicted molar refractivity (Wildman–Crippen MR) is 120 cm³/mol. The molecule has 0 radical (unpaired) electrons. The fourth-order valence-corrected chi connectivity index (χ4v) is 4.19. The number of aromatic nitrogens is 1. The number of morpholine rings is 1. The van der Waals surface area contributed by atoms with Gasteiger partial charge in [-0.15, -0.1) is 0 Å². The first-order chi connectivity index (χ1) is 14.6. The van der Waals surface area contributed by atoms with Gasteiger partial charge in [0.25, 0.3) is 0 Å². The van der Waals surface area contributed by atoms with Crippen molar-refractivity contribution < 1.29 is 9.53 Å². The number of benzene rings is 2. The molecule has 1 aliphatic heterocycles. The first-order valence-corrected chi connectivity index (χ1v) is 10.8. The van der Waals surface area contributed by atoms with E-state index in [2.05, 4.69) is 21.3 Å². The highest BCUT2D eigenvalue weighted by Crippen LogP contribution is 2.28. The van der Waals surface area contributed by atoms with Crippen LogP contribution in [-0.4, -0.2) is 42.9 Å². The van der Waals surface area contributed by atoms with Crippen molar-refractivity contribution in [1.82, 2.24) is 4.98 Å². The van der Waals surface area contributed by atoms with Crippen molar-refractivity contribution >= 4 is 39.9 Å². The van der Waals surface area contributed by atoms with Gasteiger partial charge in [-0.2, -0.15) is 5.26 Å². The number of hydrogen-bond donors (Lipinski definition) is 1. The van der Waals surface area contributed by atoms with Crippen LogP contribution in [0.3, 0.4) is 0 Å². The van der Waals surface area contributed by atoms with Crippen molar-refractivity contribution in [3.8, 4) is 6.07 Å². The number of fused-ring (bicyclic) bond motifs is 1. The number of hydrogen-bond acceptors (Lipinski definition) is 6. The second-order valence-electron chi connectivity index (χ2n) is 7.10. The highest BCUT2D eigenvalue weighted by molar-refractivity contribution is 8.00. The number of thioether (sulfide) groups is 1. The number of rotatable bonds is 5. The monoisotopic (exact) mass is 418 g/mol. The summed E-state index contributed by atoms with van der Waals surface area (Å²) in [5.74, 6) is 0.0481. The van der Waals surface area contributed by atoms with Gasteiger partial charge in [0, 0.05) is 18.5 Å². The quantitative estimate of drug-likeness (QED) is 0.632. The fraction of sp³-hybridized carbons (Fsp3) is 0.261. The molecule has 2 aromatic carbocycles. The first kappa shape index (κ1) is 20.2. The Labute approximate surface area is 179 Å². The lowest BCUT2D eigenvalue weighted by Crippen LogP contribution is -2.36. The molecule has 1 aromatic heterocycles. The summed E-state index contributed by atoms with van der Waals surface area (Å²) in [7, 11) is 0. The SMILES string of the molecule is Cc1ccc2cc(C#N)c(SCC(=O)Nc3ccccc3N3CCOCC3)nc2c1. The lowest BCUT2D eigenvalue weighted by atomic mass is 10.1. The Bertz CT molecular complexity index is 1120. The molecule has 0 saturated carbocycles. The summed E-state index contributed by atoms with van der Waals surface area (Å²) in [4.78, 5) is 19.5. The Balaban J connectivity index is 1.48. The average molecular weight is 419 g/mol. The predicted octanol–water partition coefficient (Wildman–Crippen LogP) is 3.98. The summed E-state index contributed by atoms with van der Waals surface area (Å²) in [6.45, 7) is 4.97. The Kier molecular flexibility index (Phi) is 6.17. The summed E-state index contributed by atoms with van der Waals surface area (Å²) in [5.41, 5.74) is 4.20. The van der Waals surface area contributed by atoms with Crippen molar-refractivity contribution in [3.05, 3.63) is 59.7 Å². The molecule has 1 saturated heterocycles. The molecule has 0 atom stereocenters. The zero-order chi connectivity index (χ0) is 20.9. The van der Waals surface area contributed by atoms with E-state index in [-0.39, 0.29) is 11.7 Å². The van der Waals surface area contributed by atoms with E-state index in [1.54, 1.807) is 0 Å². The average Bonchev–Trinajstić information content (AvgIpc) is 2.78. The Morgan fingerprint density at radius 3 is 2.83 bits per heavy atom. The van der Waals surface area contributed by atoms with Gasteiger partial charge in [0.15, 0.2) is 0 Å². The lowest BCUT2D eigenvalue weighted by molar-refractivity contribution is -0.113. The molecular weight excluding hydrogens is 396 g/mol. The van der Waals surface area contributed by atoms with E-state index in [4.69, 9.17) is 4.74 Å². The fourth-order valence-electron chi connectivity index (χ4n) is 3.43. The van der Waals surface area contributed by atoms with Gasteiger partial charge in [0.1, 0.15) is 11.1 Å². The summed E-state index contributed by atoms with van der Waals surface area (Å²) >= 11 is 1.28. The second-order valence-corrected chi connectivity index (χ2v) is 8.07. The minimum Gasteiger partial charge on any atom is -0.378 e. The third kappa shape index (κ3) is 4.56.